The number of amides is 1. The van der Waals surface area contributed by atoms with Crippen molar-refractivity contribution < 1.29 is 19.4 Å². The molecule has 0 saturated heterocycles. The van der Waals surface area contributed by atoms with E-state index in [-0.39, 0.29) is 13.0 Å². The molecule has 0 heterocycles. The van der Waals surface area contributed by atoms with Crippen LogP contribution in [0.1, 0.15) is 5.56 Å². The van der Waals surface area contributed by atoms with Crippen molar-refractivity contribution in [1.82, 2.24) is 5.32 Å². The van der Waals surface area contributed by atoms with E-state index >= 15 is 0 Å². The number of ether oxygens (including phenoxy) is 1. The molecule has 2 N–H and O–H groups in total. The topological polar surface area (TPSA) is 75.6 Å². The summed E-state index contributed by atoms with van der Waals surface area (Å²) in [5.41, 5.74) is 0.856. The van der Waals surface area contributed by atoms with E-state index in [2.05, 4.69) is 11.9 Å². The standard InChI is InChI=1S/C17H17NO4/c1-2-10-22-17(21)18-15(16(19)20)11-13-8-5-7-12-6-3-4-9-14(12)13/h2-9,15H,1,10-11H2,(H,18,21)(H,19,20)/t15-/m1/s1. The van der Waals surface area contributed by atoms with E-state index in [4.69, 9.17) is 4.74 Å². The van der Waals surface area contributed by atoms with Gasteiger partial charge in [-0.25, -0.2) is 9.59 Å². The quantitative estimate of drug-likeness (QED) is 0.804. The average Bonchev–Trinajstić information content (AvgIpc) is 2.52. The highest BCUT2D eigenvalue weighted by Gasteiger charge is 2.21. The monoisotopic (exact) mass is 299 g/mol. The number of carboxylic acid groups (broad SMARTS) is 1. The minimum Gasteiger partial charge on any atom is -0.480 e. The number of carbonyl (C=O) groups excluding carboxylic acids is 1. The van der Waals surface area contributed by atoms with Crippen molar-refractivity contribution in [3.8, 4) is 0 Å². The van der Waals surface area contributed by atoms with Crippen LogP contribution >= 0.6 is 0 Å². The van der Waals surface area contributed by atoms with Crippen LogP contribution in [0.3, 0.4) is 0 Å². The zero-order chi connectivity index (χ0) is 15.9. The molecule has 1 amide bonds. The molecular weight excluding hydrogens is 282 g/mol. The number of nitrogens with one attached hydrogen (secondary N) is 1. The molecule has 5 heteroatoms. The van der Waals surface area contributed by atoms with Crippen LogP contribution < -0.4 is 5.32 Å². The number of hydrogen-bond donors (Lipinski definition) is 2. The van der Waals surface area contributed by atoms with Gasteiger partial charge in [0, 0.05) is 6.42 Å². The second-order valence-electron chi connectivity index (χ2n) is 4.76. The van der Waals surface area contributed by atoms with Gasteiger partial charge < -0.3 is 15.2 Å². The van der Waals surface area contributed by atoms with Crippen LogP contribution in [0.25, 0.3) is 10.8 Å². The van der Waals surface area contributed by atoms with Crippen molar-refractivity contribution in [3.05, 3.63) is 60.7 Å². The molecule has 0 aliphatic heterocycles. The highest BCUT2D eigenvalue weighted by Crippen LogP contribution is 2.19. The Morgan fingerprint density at radius 2 is 1.95 bits per heavy atom. The molecule has 0 aliphatic carbocycles. The number of alkyl carbamates (subject to hydrolysis) is 1. The molecule has 114 valence electrons. The Labute approximate surface area is 128 Å². The van der Waals surface area contributed by atoms with Gasteiger partial charge in [-0.1, -0.05) is 55.1 Å². The van der Waals surface area contributed by atoms with Crippen LogP contribution in [0.5, 0.6) is 0 Å². The molecule has 2 aromatic carbocycles. The van der Waals surface area contributed by atoms with E-state index in [0.717, 1.165) is 16.3 Å². The first-order chi connectivity index (χ1) is 10.6. The van der Waals surface area contributed by atoms with Gasteiger partial charge in [-0.05, 0) is 16.3 Å². The summed E-state index contributed by atoms with van der Waals surface area (Å²) in [6, 6.07) is 12.3. The normalized spacial score (nSPS) is 11.6. The number of benzene rings is 2. The van der Waals surface area contributed by atoms with Gasteiger partial charge in [-0.2, -0.15) is 0 Å². The summed E-state index contributed by atoms with van der Waals surface area (Å²) < 4.78 is 4.77. The Bertz CT molecular complexity index is 691. The van der Waals surface area contributed by atoms with Crippen LogP contribution in [-0.2, 0) is 16.0 Å². The molecule has 1 atom stereocenters. The second kappa shape index (κ2) is 7.26. The van der Waals surface area contributed by atoms with Gasteiger partial charge in [0.1, 0.15) is 12.6 Å². The third-order valence-electron chi connectivity index (χ3n) is 3.23. The molecule has 22 heavy (non-hydrogen) atoms. The van der Waals surface area contributed by atoms with Crippen LogP contribution in [-0.4, -0.2) is 29.8 Å². The molecule has 0 fully saturated rings. The van der Waals surface area contributed by atoms with E-state index in [0.29, 0.717) is 0 Å². The molecule has 0 aliphatic rings. The maximum Gasteiger partial charge on any atom is 0.408 e. The Morgan fingerprint density at radius 1 is 1.23 bits per heavy atom. The largest absolute Gasteiger partial charge is 0.480 e. The number of rotatable bonds is 6. The smallest absolute Gasteiger partial charge is 0.408 e. The van der Waals surface area contributed by atoms with Crippen molar-refractivity contribution in [2.75, 3.05) is 6.61 Å². The van der Waals surface area contributed by atoms with E-state index in [1.165, 1.54) is 6.08 Å². The van der Waals surface area contributed by atoms with E-state index in [9.17, 15) is 14.7 Å². The Morgan fingerprint density at radius 3 is 2.68 bits per heavy atom. The number of fused-ring (bicyclic) bond motifs is 1. The minimum absolute atomic E-state index is 0.0342. The Hall–Kier alpha value is -2.82. The SMILES string of the molecule is C=CCOC(=O)N[C@H](Cc1cccc2ccccc12)C(=O)O. The number of aliphatic carboxylic acids is 1. The van der Waals surface area contributed by atoms with E-state index in [1.54, 1.807) is 0 Å². The summed E-state index contributed by atoms with van der Waals surface area (Å²) in [7, 11) is 0. The van der Waals surface area contributed by atoms with Gasteiger partial charge in [0.15, 0.2) is 0 Å². The van der Waals surface area contributed by atoms with Gasteiger partial charge in [0.2, 0.25) is 0 Å². The van der Waals surface area contributed by atoms with Crippen molar-refractivity contribution in [1.29, 1.82) is 0 Å². The van der Waals surface area contributed by atoms with Crippen LogP contribution in [0.4, 0.5) is 4.79 Å². The highest BCUT2D eigenvalue weighted by molar-refractivity contribution is 5.87. The lowest BCUT2D eigenvalue weighted by Gasteiger charge is -2.15. The van der Waals surface area contributed by atoms with Crippen LogP contribution in [0, 0.1) is 0 Å². The van der Waals surface area contributed by atoms with Gasteiger partial charge >= 0.3 is 12.1 Å². The third kappa shape index (κ3) is 3.85. The number of hydrogen-bond acceptors (Lipinski definition) is 3. The van der Waals surface area contributed by atoms with E-state index in [1.807, 2.05) is 42.5 Å². The highest BCUT2D eigenvalue weighted by atomic mass is 16.5. The maximum atomic E-state index is 11.5. The summed E-state index contributed by atoms with van der Waals surface area (Å²) >= 11 is 0. The summed E-state index contributed by atoms with van der Waals surface area (Å²) in [4.78, 5) is 22.9. The first kappa shape index (κ1) is 15.6. The van der Waals surface area contributed by atoms with E-state index < -0.39 is 18.1 Å². The van der Waals surface area contributed by atoms with Gasteiger partial charge in [0.25, 0.3) is 0 Å². The molecule has 0 bridgehead atoms. The predicted octanol–water partition coefficient (Wildman–Crippen LogP) is 2.75. The zero-order valence-electron chi connectivity index (χ0n) is 12.0. The molecule has 0 radical (unpaired) electrons. The van der Waals surface area contributed by atoms with Crippen LogP contribution in [0.2, 0.25) is 0 Å². The maximum absolute atomic E-state index is 11.5. The molecule has 0 saturated carbocycles. The minimum atomic E-state index is -1.11. The summed E-state index contributed by atoms with van der Waals surface area (Å²) in [6.07, 6.45) is 0.826. The molecule has 2 rings (SSSR count). The Balaban J connectivity index is 2.18. The summed E-state index contributed by atoms with van der Waals surface area (Å²) in [6.45, 7) is 3.46. The summed E-state index contributed by atoms with van der Waals surface area (Å²) in [5, 5.41) is 13.6. The molecule has 5 nitrogen and oxygen atoms in total. The first-order valence-corrected chi connectivity index (χ1v) is 6.85. The van der Waals surface area contributed by atoms with Gasteiger partial charge in [-0.3, -0.25) is 0 Å². The second-order valence-corrected chi connectivity index (χ2v) is 4.76. The zero-order valence-corrected chi connectivity index (χ0v) is 12.0. The number of carbonyl (C=O) groups is 2. The molecule has 0 unspecified atom stereocenters. The fourth-order valence-electron chi connectivity index (χ4n) is 2.21. The third-order valence-corrected chi connectivity index (χ3v) is 3.23. The lowest BCUT2D eigenvalue weighted by molar-refractivity contribution is -0.139. The van der Waals surface area contributed by atoms with Gasteiger partial charge in [-0.15, -0.1) is 0 Å². The van der Waals surface area contributed by atoms with Gasteiger partial charge in [0.05, 0.1) is 0 Å². The van der Waals surface area contributed by atoms with Crippen molar-refractivity contribution in [3.63, 3.8) is 0 Å². The average molecular weight is 299 g/mol. The van der Waals surface area contributed by atoms with Crippen molar-refractivity contribution in [2.45, 2.75) is 12.5 Å². The lowest BCUT2D eigenvalue weighted by Crippen LogP contribution is -2.42. The first-order valence-electron chi connectivity index (χ1n) is 6.85. The molecule has 0 spiro atoms. The Kier molecular flexibility index (Phi) is 5.14. The predicted molar refractivity (Wildman–Crippen MR) is 83.8 cm³/mol. The number of carboxylic acids is 1. The molecule has 2 aromatic rings. The van der Waals surface area contributed by atoms with Crippen molar-refractivity contribution in [2.24, 2.45) is 0 Å². The van der Waals surface area contributed by atoms with Crippen LogP contribution in [0.15, 0.2) is 55.1 Å². The lowest BCUT2D eigenvalue weighted by atomic mass is 9.99. The fourth-order valence-corrected chi connectivity index (χ4v) is 2.21. The molecule has 0 aromatic heterocycles. The summed E-state index contributed by atoms with van der Waals surface area (Å²) in [5.74, 6) is -1.11. The molecular formula is C17H17NO4. The van der Waals surface area contributed by atoms with Crippen molar-refractivity contribution >= 4 is 22.8 Å². The fraction of sp³-hybridized carbons (Fsp3) is 0.176.